The molecule has 1 amide bonds. The molecule has 1 aliphatic rings. The maximum Gasteiger partial charge on any atom is 0.341 e. The number of aromatic carboxylic acids is 1. The van der Waals surface area contributed by atoms with Gasteiger partial charge in [0, 0.05) is 28.9 Å². The first-order valence-corrected chi connectivity index (χ1v) is 9.07. The zero-order valence-electron chi connectivity index (χ0n) is 15.4. The standard InChI is InChI=1S/C21H15F3N2O4/c22-16-7-14-17(26(12-5-6-12)9-15(18(14)27)21(29)30)8-13(16)10-1-3-11(4-2-10)25-20(28)19(23)24/h1-4,7-9,12,19H,5-6H2,(H,25,28)(H,29,30). The second-order valence-corrected chi connectivity index (χ2v) is 7.03. The zero-order valence-corrected chi connectivity index (χ0v) is 15.4. The molecule has 0 atom stereocenters. The Morgan fingerprint density at radius 1 is 1.13 bits per heavy atom. The van der Waals surface area contributed by atoms with Gasteiger partial charge in [-0.15, -0.1) is 0 Å². The molecule has 1 saturated carbocycles. The average molecular weight is 416 g/mol. The molecule has 154 valence electrons. The highest BCUT2D eigenvalue weighted by molar-refractivity contribution is 5.95. The number of halogens is 3. The van der Waals surface area contributed by atoms with Crippen LogP contribution in [-0.2, 0) is 4.79 Å². The van der Waals surface area contributed by atoms with E-state index in [1.54, 1.807) is 4.57 Å². The fourth-order valence-electron chi connectivity index (χ4n) is 3.33. The number of amides is 1. The summed E-state index contributed by atoms with van der Waals surface area (Å²) in [6, 6.07) is 8.17. The molecular formula is C21H15F3N2O4. The maximum absolute atomic E-state index is 14.8. The van der Waals surface area contributed by atoms with E-state index in [1.807, 2.05) is 5.32 Å². The molecule has 4 rings (SSSR count). The molecule has 0 bridgehead atoms. The predicted molar refractivity (Wildman–Crippen MR) is 103 cm³/mol. The SMILES string of the molecule is O=C(O)c1cn(C2CC2)c2cc(-c3ccc(NC(=O)C(F)F)cc3)c(F)cc2c1=O. The summed E-state index contributed by atoms with van der Waals surface area (Å²) in [5, 5.41) is 11.3. The van der Waals surface area contributed by atoms with Gasteiger partial charge in [0.05, 0.1) is 5.52 Å². The van der Waals surface area contributed by atoms with Crippen LogP contribution >= 0.6 is 0 Å². The van der Waals surface area contributed by atoms with E-state index >= 15 is 0 Å². The minimum absolute atomic E-state index is 0.0242. The first kappa shape index (κ1) is 19.7. The molecule has 1 heterocycles. The minimum atomic E-state index is -3.16. The Morgan fingerprint density at radius 2 is 1.80 bits per heavy atom. The number of hydrogen-bond acceptors (Lipinski definition) is 3. The number of fused-ring (bicyclic) bond motifs is 1. The normalized spacial score (nSPS) is 13.6. The largest absolute Gasteiger partial charge is 0.477 e. The van der Waals surface area contributed by atoms with Crippen LogP contribution in [0.2, 0.25) is 0 Å². The van der Waals surface area contributed by atoms with Crippen LogP contribution in [0.15, 0.2) is 47.4 Å². The maximum atomic E-state index is 14.8. The Morgan fingerprint density at radius 3 is 2.37 bits per heavy atom. The number of benzene rings is 2. The van der Waals surface area contributed by atoms with Crippen LogP contribution in [0.1, 0.15) is 29.2 Å². The lowest BCUT2D eigenvalue weighted by molar-refractivity contribution is -0.126. The van der Waals surface area contributed by atoms with E-state index < -0.39 is 35.1 Å². The van der Waals surface area contributed by atoms with Gasteiger partial charge in [-0.1, -0.05) is 12.1 Å². The number of alkyl halides is 2. The highest BCUT2D eigenvalue weighted by atomic mass is 19.3. The fraction of sp³-hybridized carbons (Fsp3) is 0.190. The van der Waals surface area contributed by atoms with Gasteiger partial charge in [0.1, 0.15) is 11.4 Å². The summed E-state index contributed by atoms with van der Waals surface area (Å²) >= 11 is 0. The third-order valence-electron chi connectivity index (χ3n) is 4.95. The van der Waals surface area contributed by atoms with E-state index in [-0.39, 0.29) is 22.7 Å². The molecule has 6 nitrogen and oxygen atoms in total. The molecule has 3 aromatic rings. The average Bonchev–Trinajstić information content (AvgIpc) is 3.54. The van der Waals surface area contributed by atoms with Crippen LogP contribution in [-0.4, -0.2) is 28.0 Å². The summed E-state index contributed by atoms with van der Waals surface area (Å²) in [4.78, 5) is 35.0. The van der Waals surface area contributed by atoms with E-state index in [0.717, 1.165) is 18.9 Å². The van der Waals surface area contributed by atoms with Crippen molar-refractivity contribution in [1.82, 2.24) is 4.57 Å². The van der Waals surface area contributed by atoms with Gasteiger partial charge in [-0.2, -0.15) is 8.78 Å². The van der Waals surface area contributed by atoms with E-state index in [9.17, 15) is 32.7 Å². The monoisotopic (exact) mass is 416 g/mol. The van der Waals surface area contributed by atoms with Crippen molar-refractivity contribution in [2.24, 2.45) is 0 Å². The summed E-state index contributed by atoms with van der Waals surface area (Å²) in [6.07, 6.45) is -0.225. The molecule has 9 heteroatoms. The summed E-state index contributed by atoms with van der Waals surface area (Å²) in [7, 11) is 0. The number of hydrogen-bond donors (Lipinski definition) is 2. The number of nitrogens with zero attached hydrogens (tertiary/aromatic N) is 1. The highest BCUT2D eigenvalue weighted by Crippen LogP contribution is 2.38. The number of carbonyl (C=O) groups excluding carboxylic acids is 1. The van der Waals surface area contributed by atoms with Gasteiger partial charge >= 0.3 is 12.4 Å². The number of anilines is 1. The predicted octanol–water partition coefficient (Wildman–Crippen LogP) is 4.04. The summed E-state index contributed by atoms with van der Waals surface area (Å²) in [5.74, 6) is -3.54. The lowest BCUT2D eigenvalue weighted by Crippen LogP contribution is -2.19. The minimum Gasteiger partial charge on any atom is -0.477 e. The van der Waals surface area contributed by atoms with Gasteiger partial charge in [-0.05, 0) is 42.7 Å². The van der Waals surface area contributed by atoms with E-state index in [4.69, 9.17) is 0 Å². The van der Waals surface area contributed by atoms with Crippen molar-refractivity contribution < 1.29 is 27.9 Å². The molecule has 1 aromatic heterocycles. The van der Waals surface area contributed by atoms with Crippen LogP contribution in [0.3, 0.4) is 0 Å². The smallest absolute Gasteiger partial charge is 0.341 e. The van der Waals surface area contributed by atoms with Crippen molar-refractivity contribution in [3.8, 4) is 11.1 Å². The van der Waals surface area contributed by atoms with Crippen LogP contribution in [0.5, 0.6) is 0 Å². The fourth-order valence-corrected chi connectivity index (χ4v) is 3.33. The molecule has 2 N–H and O–H groups in total. The van der Waals surface area contributed by atoms with Crippen molar-refractivity contribution in [2.45, 2.75) is 25.3 Å². The van der Waals surface area contributed by atoms with Crippen molar-refractivity contribution in [2.75, 3.05) is 5.32 Å². The van der Waals surface area contributed by atoms with Gasteiger partial charge in [-0.3, -0.25) is 9.59 Å². The van der Waals surface area contributed by atoms with Crippen molar-refractivity contribution in [1.29, 1.82) is 0 Å². The molecular weight excluding hydrogens is 401 g/mol. The molecule has 1 aliphatic carbocycles. The van der Waals surface area contributed by atoms with Gasteiger partial charge in [0.15, 0.2) is 0 Å². The van der Waals surface area contributed by atoms with Crippen LogP contribution in [0.4, 0.5) is 18.9 Å². The first-order chi connectivity index (χ1) is 14.3. The summed E-state index contributed by atoms with van der Waals surface area (Å²) < 4.78 is 41.2. The van der Waals surface area contributed by atoms with Gasteiger partial charge in [0.25, 0.3) is 5.91 Å². The molecule has 2 aromatic carbocycles. The Hall–Kier alpha value is -3.62. The number of carboxylic acids is 1. The molecule has 30 heavy (non-hydrogen) atoms. The molecule has 0 radical (unpaired) electrons. The number of aromatic nitrogens is 1. The second kappa shape index (κ2) is 7.33. The third kappa shape index (κ3) is 3.54. The van der Waals surface area contributed by atoms with Crippen LogP contribution < -0.4 is 10.7 Å². The highest BCUT2D eigenvalue weighted by Gasteiger charge is 2.27. The Labute approximate surface area is 167 Å². The van der Waals surface area contributed by atoms with Gasteiger partial charge in [0.2, 0.25) is 5.43 Å². The van der Waals surface area contributed by atoms with Crippen LogP contribution in [0.25, 0.3) is 22.0 Å². The van der Waals surface area contributed by atoms with Crippen molar-refractivity contribution in [3.63, 3.8) is 0 Å². The number of rotatable bonds is 5. The van der Waals surface area contributed by atoms with Gasteiger partial charge in [-0.25, -0.2) is 9.18 Å². The van der Waals surface area contributed by atoms with Crippen molar-refractivity contribution in [3.05, 3.63) is 64.2 Å². The molecule has 0 aliphatic heterocycles. The summed E-state index contributed by atoms with van der Waals surface area (Å²) in [6.45, 7) is 0. The molecule has 0 spiro atoms. The lowest BCUT2D eigenvalue weighted by atomic mass is 10.0. The van der Waals surface area contributed by atoms with Gasteiger partial charge < -0.3 is 15.0 Å². The number of nitrogens with one attached hydrogen (secondary N) is 1. The number of carbonyl (C=O) groups is 2. The zero-order chi connectivity index (χ0) is 21.6. The Kier molecular flexibility index (Phi) is 4.81. The Bertz CT molecular complexity index is 1230. The molecule has 0 saturated heterocycles. The van der Waals surface area contributed by atoms with E-state index in [0.29, 0.717) is 11.1 Å². The number of carboxylic acid groups (broad SMARTS) is 1. The molecule has 1 fully saturated rings. The quantitative estimate of drug-likeness (QED) is 0.657. The molecule has 0 unspecified atom stereocenters. The van der Waals surface area contributed by atoms with Crippen molar-refractivity contribution >= 4 is 28.5 Å². The lowest BCUT2D eigenvalue weighted by Gasteiger charge is -2.14. The summed E-state index contributed by atoms with van der Waals surface area (Å²) in [5.41, 5.74) is -0.0662. The first-order valence-electron chi connectivity index (χ1n) is 9.07. The van der Waals surface area contributed by atoms with Crippen LogP contribution in [0, 0.1) is 5.82 Å². The topological polar surface area (TPSA) is 88.4 Å². The third-order valence-corrected chi connectivity index (χ3v) is 4.95. The van der Waals surface area contributed by atoms with E-state index in [2.05, 4.69) is 0 Å². The van der Waals surface area contributed by atoms with E-state index in [1.165, 1.54) is 36.5 Å². The number of pyridine rings is 1. The second-order valence-electron chi connectivity index (χ2n) is 7.03. The Balaban J connectivity index is 1.81.